The molecule has 0 aromatic carbocycles. The number of nitrogens with zero attached hydrogens (tertiary/aromatic N) is 1. The van der Waals surface area contributed by atoms with E-state index in [-0.39, 0.29) is 0 Å². The van der Waals surface area contributed by atoms with Crippen molar-refractivity contribution in [3.05, 3.63) is 16.0 Å². The second-order valence-corrected chi connectivity index (χ2v) is 5.51. The predicted octanol–water partition coefficient (Wildman–Crippen LogP) is 2.64. The maximum Gasteiger partial charge on any atom is 0.104 e. The molecule has 1 heterocycles. The van der Waals surface area contributed by atoms with Gasteiger partial charge in [0.25, 0.3) is 0 Å². The SMILES string of the molecule is N#Cc1c(N)sc2c1C1CC[C@H](C2)C1. The molecule has 2 nitrogen and oxygen atoms in total. The Morgan fingerprint density at radius 1 is 1.43 bits per heavy atom. The van der Waals surface area contributed by atoms with Crippen molar-refractivity contribution in [3.63, 3.8) is 0 Å². The molecule has 3 heteroatoms. The van der Waals surface area contributed by atoms with Crippen LogP contribution in [-0.4, -0.2) is 0 Å². The van der Waals surface area contributed by atoms with Crippen molar-refractivity contribution in [1.82, 2.24) is 0 Å². The van der Waals surface area contributed by atoms with Gasteiger partial charge in [-0.25, -0.2) is 0 Å². The Labute approximate surface area is 87.3 Å². The maximum atomic E-state index is 9.07. The average molecular weight is 204 g/mol. The van der Waals surface area contributed by atoms with Crippen LogP contribution in [0.4, 0.5) is 5.00 Å². The van der Waals surface area contributed by atoms with E-state index in [2.05, 4.69) is 6.07 Å². The van der Waals surface area contributed by atoms with E-state index in [1.165, 1.54) is 36.1 Å². The lowest BCUT2D eigenvalue weighted by Crippen LogP contribution is -2.08. The van der Waals surface area contributed by atoms with Gasteiger partial charge in [-0.05, 0) is 43.1 Å². The molecule has 1 aromatic heterocycles. The summed E-state index contributed by atoms with van der Waals surface area (Å²) in [5.41, 5.74) is 7.96. The third-order valence-electron chi connectivity index (χ3n) is 3.58. The molecule has 0 spiro atoms. The molecule has 1 fully saturated rings. The van der Waals surface area contributed by atoms with Crippen LogP contribution in [-0.2, 0) is 6.42 Å². The number of nitrogen functional groups attached to an aromatic ring is 1. The predicted molar refractivity (Wildman–Crippen MR) is 57.2 cm³/mol. The molecule has 3 rings (SSSR count). The van der Waals surface area contributed by atoms with E-state index in [1.807, 2.05) is 0 Å². The standard InChI is InChI=1S/C11H12N2S/c12-5-8-10-7-2-1-6(3-7)4-9(10)14-11(8)13/h6-7H,1-4,13H2/t6-,7?/m0/s1. The average Bonchev–Trinajstić information content (AvgIpc) is 2.68. The molecule has 1 aromatic rings. The second-order valence-electron chi connectivity index (χ2n) is 4.37. The molecule has 2 bridgehead atoms. The minimum Gasteiger partial charge on any atom is -0.389 e. The first kappa shape index (κ1) is 8.31. The Kier molecular flexibility index (Phi) is 1.63. The zero-order chi connectivity index (χ0) is 9.71. The quantitative estimate of drug-likeness (QED) is 0.706. The van der Waals surface area contributed by atoms with Crippen LogP contribution >= 0.6 is 11.3 Å². The van der Waals surface area contributed by atoms with Gasteiger partial charge < -0.3 is 5.73 Å². The number of rotatable bonds is 0. The molecular weight excluding hydrogens is 192 g/mol. The molecule has 2 N–H and O–H groups in total. The third kappa shape index (κ3) is 0.949. The first-order chi connectivity index (χ1) is 6.79. The number of hydrogen-bond donors (Lipinski definition) is 1. The normalized spacial score (nSPS) is 28.5. The molecule has 0 amide bonds. The zero-order valence-electron chi connectivity index (χ0n) is 7.92. The molecule has 14 heavy (non-hydrogen) atoms. The van der Waals surface area contributed by atoms with Gasteiger partial charge in [0.1, 0.15) is 11.1 Å². The number of hydrogen-bond acceptors (Lipinski definition) is 3. The minimum atomic E-state index is 0.645. The summed E-state index contributed by atoms with van der Waals surface area (Å²) >= 11 is 1.64. The van der Waals surface area contributed by atoms with E-state index in [1.54, 1.807) is 11.3 Å². The fourth-order valence-corrected chi connectivity index (χ4v) is 4.22. The lowest BCUT2D eigenvalue weighted by atomic mass is 9.86. The fraction of sp³-hybridized carbons (Fsp3) is 0.545. The van der Waals surface area contributed by atoms with Crippen LogP contribution in [0.5, 0.6) is 0 Å². The van der Waals surface area contributed by atoms with Gasteiger partial charge in [0.05, 0.1) is 5.56 Å². The maximum absolute atomic E-state index is 9.07. The van der Waals surface area contributed by atoms with Crippen molar-refractivity contribution in [3.8, 4) is 6.07 Å². The topological polar surface area (TPSA) is 49.8 Å². The molecule has 1 unspecified atom stereocenters. The highest BCUT2D eigenvalue weighted by molar-refractivity contribution is 7.16. The van der Waals surface area contributed by atoms with Crippen LogP contribution in [0.2, 0.25) is 0 Å². The second kappa shape index (κ2) is 2.74. The molecule has 0 aliphatic heterocycles. The van der Waals surface area contributed by atoms with E-state index in [0.29, 0.717) is 5.92 Å². The molecule has 72 valence electrons. The van der Waals surface area contributed by atoms with Crippen molar-refractivity contribution >= 4 is 16.3 Å². The molecular formula is C11H12N2S. The number of nitriles is 1. The van der Waals surface area contributed by atoms with Crippen molar-refractivity contribution in [2.75, 3.05) is 5.73 Å². The summed E-state index contributed by atoms with van der Waals surface area (Å²) < 4.78 is 0. The van der Waals surface area contributed by atoms with Crippen molar-refractivity contribution in [2.45, 2.75) is 31.6 Å². The summed E-state index contributed by atoms with van der Waals surface area (Å²) in [6.45, 7) is 0. The van der Waals surface area contributed by atoms with E-state index in [9.17, 15) is 0 Å². The summed E-state index contributed by atoms with van der Waals surface area (Å²) in [5.74, 6) is 1.52. The van der Waals surface area contributed by atoms with Gasteiger partial charge in [-0.2, -0.15) is 5.26 Å². The molecule has 2 aliphatic rings. The highest BCUT2D eigenvalue weighted by Gasteiger charge is 2.36. The Hall–Kier alpha value is -1.01. The van der Waals surface area contributed by atoms with E-state index >= 15 is 0 Å². The van der Waals surface area contributed by atoms with E-state index < -0.39 is 0 Å². The Bertz CT molecular complexity index is 427. The van der Waals surface area contributed by atoms with E-state index in [4.69, 9.17) is 11.0 Å². The summed E-state index contributed by atoms with van der Waals surface area (Å²) in [7, 11) is 0. The van der Waals surface area contributed by atoms with Gasteiger partial charge >= 0.3 is 0 Å². The van der Waals surface area contributed by atoms with Crippen LogP contribution in [0.3, 0.4) is 0 Å². The highest BCUT2D eigenvalue weighted by atomic mass is 32.1. The van der Waals surface area contributed by atoms with Gasteiger partial charge in [0, 0.05) is 4.88 Å². The first-order valence-corrected chi connectivity index (χ1v) is 5.92. The number of fused-ring (bicyclic) bond motifs is 4. The summed E-state index contributed by atoms with van der Waals surface area (Å²) in [4.78, 5) is 1.40. The lowest BCUT2D eigenvalue weighted by molar-refractivity contribution is 0.516. The van der Waals surface area contributed by atoms with Gasteiger partial charge in [-0.1, -0.05) is 0 Å². The fourth-order valence-electron chi connectivity index (χ4n) is 2.99. The highest BCUT2D eigenvalue weighted by Crippen LogP contribution is 2.51. The van der Waals surface area contributed by atoms with Crippen molar-refractivity contribution in [2.24, 2.45) is 5.92 Å². The third-order valence-corrected chi connectivity index (χ3v) is 4.64. The van der Waals surface area contributed by atoms with Gasteiger partial charge in [0.2, 0.25) is 0 Å². The Balaban J connectivity index is 2.20. The Morgan fingerprint density at radius 2 is 2.29 bits per heavy atom. The first-order valence-electron chi connectivity index (χ1n) is 5.10. The van der Waals surface area contributed by atoms with Crippen LogP contribution in [0, 0.1) is 17.2 Å². The monoisotopic (exact) mass is 204 g/mol. The molecule has 2 aliphatic carbocycles. The molecule has 2 atom stereocenters. The number of anilines is 1. The van der Waals surface area contributed by atoms with Gasteiger partial charge in [-0.15, -0.1) is 11.3 Å². The number of thiophene rings is 1. The molecule has 1 saturated carbocycles. The summed E-state index contributed by atoms with van der Waals surface area (Å²) in [6, 6.07) is 2.27. The van der Waals surface area contributed by atoms with Crippen LogP contribution in [0.15, 0.2) is 0 Å². The van der Waals surface area contributed by atoms with E-state index in [0.717, 1.165) is 16.5 Å². The van der Waals surface area contributed by atoms with Crippen LogP contribution < -0.4 is 5.73 Å². The lowest BCUT2D eigenvalue weighted by Gasteiger charge is -2.19. The van der Waals surface area contributed by atoms with Crippen molar-refractivity contribution in [1.29, 1.82) is 5.26 Å². The summed E-state index contributed by atoms with van der Waals surface area (Å²) in [6.07, 6.45) is 5.07. The summed E-state index contributed by atoms with van der Waals surface area (Å²) in [5, 5.41) is 9.81. The van der Waals surface area contributed by atoms with Crippen LogP contribution in [0.1, 0.15) is 41.2 Å². The smallest absolute Gasteiger partial charge is 0.104 e. The minimum absolute atomic E-state index is 0.645. The number of nitrogens with two attached hydrogens (primary N) is 1. The van der Waals surface area contributed by atoms with Gasteiger partial charge in [-0.3, -0.25) is 0 Å². The largest absolute Gasteiger partial charge is 0.389 e. The zero-order valence-corrected chi connectivity index (χ0v) is 8.73. The van der Waals surface area contributed by atoms with Crippen molar-refractivity contribution < 1.29 is 0 Å². The Morgan fingerprint density at radius 3 is 3.07 bits per heavy atom. The molecule has 0 radical (unpaired) electrons. The van der Waals surface area contributed by atoms with Crippen LogP contribution in [0.25, 0.3) is 0 Å². The molecule has 0 saturated heterocycles. The van der Waals surface area contributed by atoms with Gasteiger partial charge in [0.15, 0.2) is 0 Å².